The van der Waals surface area contributed by atoms with Crippen molar-refractivity contribution in [2.24, 2.45) is 0 Å². The minimum Gasteiger partial charge on any atom is -0.407 e. The number of anilines is 1. The van der Waals surface area contributed by atoms with Gasteiger partial charge in [-0.3, -0.25) is 4.79 Å². The maximum atomic E-state index is 11.6. The first kappa shape index (κ1) is 16.4. The molecule has 1 rings (SSSR count). The molecule has 0 saturated carbocycles. The van der Waals surface area contributed by atoms with Gasteiger partial charge in [0.2, 0.25) is 11.8 Å². The first-order valence-corrected chi connectivity index (χ1v) is 6.75. The summed E-state index contributed by atoms with van der Waals surface area (Å²) in [4.78, 5) is 13.3. The molecule has 7 heteroatoms. The molecular weight excluding hydrogens is 258 g/mol. The van der Waals surface area contributed by atoms with Crippen LogP contribution in [0.3, 0.4) is 0 Å². The Kier molecular flexibility index (Phi) is 5.50. The topological polar surface area (TPSA) is 83.3 Å². The van der Waals surface area contributed by atoms with E-state index >= 15 is 0 Å². The van der Waals surface area contributed by atoms with Gasteiger partial charge in [-0.05, 0) is 34.6 Å². The van der Waals surface area contributed by atoms with Gasteiger partial charge in [-0.15, -0.1) is 5.10 Å². The molecule has 20 heavy (non-hydrogen) atoms. The highest BCUT2D eigenvalue weighted by Crippen LogP contribution is 2.11. The molecular formula is C13H25N5O2. The molecule has 0 atom stereocenters. The van der Waals surface area contributed by atoms with Crippen LogP contribution >= 0.6 is 0 Å². The van der Waals surface area contributed by atoms with E-state index in [1.54, 1.807) is 11.9 Å². The standard InChI is InChI=1S/C13H25N5O2/c1-9(2)15-10(19)8-18(6)12-17-16-11(20-12)7-14-13(3,4)5/h9,14H,7-8H2,1-6H3,(H,15,19). The number of rotatable bonds is 6. The van der Waals surface area contributed by atoms with Crippen LogP contribution in [0.2, 0.25) is 0 Å². The summed E-state index contributed by atoms with van der Waals surface area (Å²) in [5, 5.41) is 14.0. The zero-order valence-corrected chi connectivity index (χ0v) is 13.1. The van der Waals surface area contributed by atoms with Gasteiger partial charge in [0.25, 0.3) is 0 Å². The minimum atomic E-state index is -0.0740. The molecule has 0 saturated heterocycles. The third kappa shape index (κ3) is 6.01. The summed E-state index contributed by atoms with van der Waals surface area (Å²) in [6, 6.07) is 0.458. The second-order valence-corrected chi connectivity index (χ2v) is 6.16. The Labute approximate surface area is 120 Å². The zero-order valence-electron chi connectivity index (χ0n) is 13.1. The van der Waals surface area contributed by atoms with Crippen LogP contribution in [0.15, 0.2) is 4.42 Å². The molecule has 0 bridgehead atoms. The molecule has 2 N–H and O–H groups in total. The van der Waals surface area contributed by atoms with Crippen molar-refractivity contribution in [3.8, 4) is 0 Å². The Balaban J connectivity index is 2.51. The highest BCUT2D eigenvalue weighted by molar-refractivity contribution is 5.80. The summed E-state index contributed by atoms with van der Waals surface area (Å²) < 4.78 is 5.51. The van der Waals surface area contributed by atoms with Gasteiger partial charge in [0.15, 0.2) is 0 Å². The maximum Gasteiger partial charge on any atom is 0.318 e. The molecule has 1 heterocycles. The normalized spacial score (nSPS) is 11.8. The van der Waals surface area contributed by atoms with Crippen LogP contribution in [0.1, 0.15) is 40.5 Å². The number of hydrogen-bond donors (Lipinski definition) is 2. The van der Waals surface area contributed by atoms with Crippen LogP contribution in [-0.4, -0.2) is 41.3 Å². The van der Waals surface area contributed by atoms with Crippen LogP contribution in [0, 0.1) is 0 Å². The average Bonchev–Trinajstić information content (AvgIpc) is 2.72. The Bertz CT molecular complexity index is 436. The molecule has 7 nitrogen and oxygen atoms in total. The Morgan fingerprint density at radius 3 is 2.55 bits per heavy atom. The van der Waals surface area contributed by atoms with Gasteiger partial charge < -0.3 is 20.0 Å². The number of carbonyl (C=O) groups excluding carboxylic acids is 1. The average molecular weight is 283 g/mol. The van der Waals surface area contributed by atoms with Gasteiger partial charge in [0.05, 0.1) is 6.54 Å². The number of amides is 1. The summed E-state index contributed by atoms with van der Waals surface area (Å²) in [7, 11) is 1.74. The van der Waals surface area contributed by atoms with Gasteiger partial charge in [0.1, 0.15) is 6.54 Å². The minimum absolute atomic E-state index is 0.0162. The molecule has 1 amide bonds. The molecule has 0 radical (unpaired) electrons. The molecule has 0 fully saturated rings. The highest BCUT2D eigenvalue weighted by atomic mass is 16.4. The molecule has 1 aromatic heterocycles. The number of nitrogens with zero attached hydrogens (tertiary/aromatic N) is 3. The lowest BCUT2D eigenvalue weighted by Gasteiger charge is -2.18. The molecule has 0 unspecified atom stereocenters. The molecule has 0 spiro atoms. The maximum absolute atomic E-state index is 11.6. The number of nitrogens with one attached hydrogen (secondary N) is 2. The van der Waals surface area contributed by atoms with Crippen LogP contribution in [0.4, 0.5) is 6.01 Å². The third-order valence-electron chi connectivity index (χ3n) is 2.38. The van der Waals surface area contributed by atoms with E-state index in [0.717, 1.165) is 0 Å². The smallest absolute Gasteiger partial charge is 0.318 e. The van der Waals surface area contributed by atoms with Crippen LogP contribution in [0.5, 0.6) is 0 Å². The zero-order chi connectivity index (χ0) is 15.3. The molecule has 0 aliphatic carbocycles. The molecule has 0 aliphatic rings. The summed E-state index contributed by atoms with van der Waals surface area (Å²) in [6.45, 7) is 10.7. The van der Waals surface area contributed by atoms with Gasteiger partial charge in [-0.2, -0.15) is 0 Å². The predicted octanol–water partition coefficient (Wildman–Crippen LogP) is 0.918. The van der Waals surface area contributed by atoms with E-state index in [-0.39, 0.29) is 24.0 Å². The van der Waals surface area contributed by atoms with Crippen molar-refractivity contribution in [2.75, 3.05) is 18.5 Å². The van der Waals surface area contributed by atoms with E-state index in [9.17, 15) is 4.79 Å². The van der Waals surface area contributed by atoms with Crippen molar-refractivity contribution >= 4 is 11.9 Å². The second-order valence-electron chi connectivity index (χ2n) is 6.16. The van der Waals surface area contributed by atoms with Gasteiger partial charge in [0, 0.05) is 18.6 Å². The number of aromatic nitrogens is 2. The van der Waals surface area contributed by atoms with E-state index in [1.807, 2.05) is 13.8 Å². The first-order valence-electron chi connectivity index (χ1n) is 6.75. The van der Waals surface area contributed by atoms with E-state index in [1.165, 1.54) is 0 Å². The first-order chi connectivity index (χ1) is 9.17. The number of hydrogen-bond acceptors (Lipinski definition) is 6. The molecule has 0 aromatic carbocycles. The fraction of sp³-hybridized carbons (Fsp3) is 0.769. The summed E-state index contributed by atoms with van der Waals surface area (Å²) in [5.41, 5.74) is -0.0162. The summed E-state index contributed by atoms with van der Waals surface area (Å²) in [6.07, 6.45) is 0. The van der Waals surface area contributed by atoms with Gasteiger partial charge >= 0.3 is 6.01 Å². The second kappa shape index (κ2) is 6.69. The van der Waals surface area contributed by atoms with Crippen molar-refractivity contribution < 1.29 is 9.21 Å². The van der Waals surface area contributed by atoms with E-state index in [2.05, 4.69) is 41.6 Å². The Morgan fingerprint density at radius 1 is 1.35 bits per heavy atom. The van der Waals surface area contributed by atoms with E-state index in [4.69, 9.17) is 4.42 Å². The summed E-state index contributed by atoms with van der Waals surface area (Å²) >= 11 is 0. The molecule has 114 valence electrons. The lowest BCUT2D eigenvalue weighted by molar-refractivity contribution is -0.120. The fourth-order valence-electron chi connectivity index (χ4n) is 1.46. The van der Waals surface area contributed by atoms with E-state index in [0.29, 0.717) is 18.5 Å². The van der Waals surface area contributed by atoms with Crippen molar-refractivity contribution in [3.63, 3.8) is 0 Å². The summed E-state index contributed by atoms with van der Waals surface area (Å²) in [5.74, 6) is 0.432. The largest absolute Gasteiger partial charge is 0.407 e. The Morgan fingerprint density at radius 2 is 2.00 bits per heavy atom. The Hall–Kier alpha value is -1.63. The monoisotopic (exact) mass is 283 g/mol. The predicted molar refractivity (Wildman–Crippen MR) is 77.4 cm³/mol. The van der Waals surface area contributed by atoms with E-state index < -0.39 is 0 Å². The number of likely N-dealkylation sites (N-methyl/N-ethyl adjacent to an activating group) is 1. The van der Waals surface area contributed by atoms with Crippen molar-refractivity contribution in [3.05, 3.63) is 5.89 Å². The quantitative estimate of drug-likeness (QED) is 0.807. The fourth-order valence-corrected chi connectivity index (χ4v) is 1.46. The van der Waals surface area contributed by atoms with Gasteiger partial charge in [-0.1, -0.05) is 5.10 Å². The van der Waals surface area contributed by atoms with Crippen molar-refractivity contribution in [1.29, 1.82) is 0 Å². The highest BCUT2D eigenvalue weighted by Gasteiger charge is 2.16. The molecule has 1 aromatic rings. The SMILES string of the molecule is CC(C)NC(=O)CN(C)c1nnc(CNC(C)(C)C)o1. The van der Waals surface area contributed by atoms with Crippen LogP contribution in [0.25, 0.3) is 0 Å². The van der Waals surface area contributed by atoms with Crippen LogP contribution in [-0.2, 0) is 11.3 Å². The van der Waals surface area contributed by atoms with Crippen molar-refractivity contribution in [1.82, 2.24) is 20.8 Å². The van der Waals surface area contributed by atoms with Gasteiger partial charge in [-0.25, -0.2) is 0 Å². The third-order valence-corrected chi connectivity index (χ3v) is 2.38. The number of carbonyl (C=O) groups is 1. The molecule has 0 aliphatic heterocycles. The lowest BCUT2D eigenvalue weighted by Crippen LogP contribution is -2.38. The lowest BCUT2D eigenvalue weighted by atomic mass is 10.1. The van der Waals surface area contributed by atoms with Crippen molar-refractivity contribution in [2.45, 2.75) is 52.7 Å². The van der Waals surface area contributed by atoms with Crippen LogP contribution < -0.4 is 15.5 Å².